The van der Waals surface area contributed by atoms with Crippen LogP contribution in [0, 0.1) is 11.3 Å². The van der Waals surface area contributed by atoms with Crippen molar-refractivity contribution in [2.45, 2.75) is 6.18 Å². The summed E-state index contributed by atoms with van der Waals surface area (Å²) in [6.45, 7) is 6.22. The molecular weight excluding hydrogens is 443 g/mol. The van der Waals surface area contributed by atoms with E-state index in [2.05, 4.69) is 18.1 Å². The Morgan fingerprint density at radius 1 is 1.16 bits per heavy atom. The summed E-state index contributed by atoms with van der Waals surface area (Å²) in [7, 11) is 3.03. The predicted octanol–water partition coefficient (Wildman–Crippen LogP) is 5.59. The molecule has 0 unspecified atom stereocenters. The Balaban J connectivity index is 1.99. The van der Waals surface area contributed by atoms with Crippen molar-refractivity contribution in [2.75, 3.05) is 20.8 Å². The van der Waals surface area contributed by atoms with Gasteiger partial charge in [0.05, 0.1) is 30.8 Å². The molecule has 0 atom stereocenters. The fraction of sp³-hybridized carbons (Fsp3) is 0.182. The van der Waals surface area contributed by atoms with Crippen LogP contribution in [0.4, 0.5) is 13.2 Å². The fourth-order valence-electron chi connectivity index (χ4n) is 3.01. The van der Waals surface area contributed by atoms with Crippen LogP contribution >= 0.6 is 11.3 Å². The van der Waals surface area contributed by atoms with Gasteiger partial charge in [0.1, 0.15) is 28.9 Å². The highest BCUT2D eigenvalue weighted by molar-refractivity contribution is 7.15. The van der Waals surface area contributed by atoms with Gasteiger partial charge in [-0.2, -0.15) is 18.4 Å². The molecular formula is C22H18F3N3O3S. The van der Waals surface area contributed by atoms with Gasteiger partial charge in [0, 0.05) is 23.8 Å². The summed E-state index contributed by atoms with van der Waals surface area (Å²) in [6, 6.07) is 7.05. The number of alkyl halides is 3. The molecule has 0 saturated heterocycles. The van der Waals surface area contributed by atoms with Gasteiger partial charge in [0.15, 0.2) is 17.2 Å². The molecule has 0 amide bonds. The summed E-state index contributed by atoms with van der Waals surface area (Å²) in [5, 5.41) is 10.1. The van der Waals surface area contributed by atoms with Gasteiger partial charge in [0.2, 0.25) is 0 Å². The molecule has 6 nitrogen and oxygen atoms in total. The number of nitrogens with zero attached hydrogens (tertiary/aromatic N) is 3. The van der Waals surface area contributed by atoms with E-state index < -0.39 is 18.4 Å². The second kappa shape index (κ2) is 9.20. The monoisotopic (exact) mass is 461 g/mol. The normalized spacial score (nSPS) is 12.1. The largest absolute Gasteiger partial charge is 0.493 e. The first-order chi connectivity index (χ1) is 15.3. The number of thiophene rings is 1. The van der Waals surface area contributed by atoms with Gasteiger partial charge in [-0.05, 0) is 0 Å². The molecule has 0 spiro atoms. The smallest absolute Gasteiger partial charge is 0.416 e. The molecule has 0 saturated carbocycles. The second-order valence-electron chi connectivity index (χ2n) is 6.33. The second-order valence-corrected chi connectivity index (χ2v) is 7.36. The summed E-state index contributed by atoms with van der Waals surface area (Å²) in [4.78, 5) is 4.55. The number of imidazole rings is 1. The molecule has 2 aromatic heterocycles. The Morgan fingerprint density at radius 2 is 1.84 bits per heavy atom. The van der Waals surface area contributed by atoms with Gasteiger partial charge in [-0.1, -0.05) is 25.3 Å². The Labute approximate surface area is 186 Å². The van der Waals surface area contributed by atoms with Gasteiger partial charge >= 0.3 is 6.18 Å². The molecule has 166 valence electrons. The van der Waals surface area contributed by atoms with Crippen molar-refractivity contribution in [2.24, 2.45) is 0 Å². The molecule has 0 aliphatic carbocycles. The zero-order valence-corrected chi connectivity index (χ0v) is 18.0. The highest BCUT2D eigenvalue weighted by Crippen LogP contribution is 2.37. The van der Waals surface area contributed by atoms with Crippen LogP contribution in [-0.4, -0.2) is 36.6 Å². The quantitative estimate of drug-likeness (QED) is 0.409. The van der Waals surface area contributed by atoms with Crippen LogP contribution in [0.5, 0.6) is 17.2 Å². The third-order valence-electron chi connectivity index (χ3n) is 4.56. The molecule has 10 heteroatoms. The van der Waals surface area contributed by atoms with Crippen LogP contribution in [-0.2, 0) is 0 Å². The van der Waals surface area contributed by atoms with E-state index in [1.54, 1.807) is 29.1 Å². The lowest BCUT2D eigenvalue weighted by molar-refractivity contribution is -0.0890. The maximum Gasteiger partial charge on any atom is 0.416 e. The SMILES string of the molecule is C=C/C(COc1cc(-n2cnc3cc(OC)c(OC)cc32)sc1C#N)=C(\C=C)C(F)(F)F. The van der Waals surface area contributed by atoms with Crippen molar-refractivity contribution in [3.8, 4) is 28.3 Å². The maximum atomic E-state index is 13.2. The number of nitriles is 1. The minimum atomic E-state index is -4.59. The molecule has 0 aliphatic heterocycles. The minimum absolute atomic E-state index is 0.153. The summed E-state index contributed by atoms with van der Waals surface area (Å²) in [5.41, 5.74) is 0.199. The lowest BCUT2D eigenvalue weighted by Crippen LogP contribution is -2.15. The molecule has 0 N–H and O–H groups in total. The topological polar surface area (TPSA) is 69.3 Å². The average Bonchev–Trinajstić information content (AvgIpc) is 3.37. The lowest BCUT2D eigenvalue weighted by atomic mass is 10.1. The number of methoxy groups -OCH3 is 2. The van der Waals surface area contributed by atoms with E-state index >= 15 is 0 Å². The Hall–Kier alpha value is -3.71. The molecule has 3 rings (SSSR count). The summed E-state index contributed by atoms with van der Waals surface area (Å²) < 4.78 is 57.4. The lowest BCUT2D eigenvalue weighted by Gasteiger charge is -2.13. The number of hydrogen-bond acceptors (Lipinski definition) is 6. The van der Waals surface area contributed by atoms with Crippen LogP contribution < -0.4 is 14.2 Å². The zero-order chi connectivity index (χ0) is 23.5. The number of halogens is 3. The van der Waals surface area contributed by atoms with Crippen LogP contribution in [0.3, 0.4) is 0 Å². The van der Waals surface area contributed by atoms with Crippen molar-refractivity contribution < 1.29 is 27.4 Å². The van der Waals surface area contributed by atoms with Gasteiger partial charge in [-0.25, -0.2) is 4.98 Å². The summed E-state index contributed by atoms with van der Waals surface area (Å²) in [5.74, 6) is 1.17. The number of allylic oxidation sites excluding steroid dienone is 2. The molecule has 32 heavy (non-hydrogen) atoms. The van der Waals surface area contributed by atoms with Crippen LogP contribution in [0.2, 0.25) is 0 Å². The van der Waals surface area contributed by atoms with E-state index in [1.165, 1.54) is 14.2 Å². The number of fused-ring (bicyclic) bond motifs is 1. The third kappa shape index (κ3) is 4.33. The first kappa shape index (κ1) is 23.0. The van der Waals surface area contributed by atoms with Crippen LogP contribution in [0.25, 0.3) is 16.0 Å². The van der Waals surface area contributed by atoms with Gasteiger partial charge in [-0.3, -0.25) is 4.57 Å². The first-order valence-corrected chi connectivity index (χ1v) is 9.90. The molecule has 3 aromatic rings. The van der Waals surface area contributed by atoms with E-state index in [0.717, 1.165) is 17.4 Å². The number of hydrogen-bond donors (Lipinski definition) is 0. The molecule has 0 fully saturated rings. The minimum Gasteiger partial charge on any atom is -0.493 e. The zero-order valence-electron chi connectivity index (χ0n) is 17.2. The van der Waals surface area contributed by atoms with Crippen molar-refractivity contribution in [1.82, 2.24) is 9.55 Å². The van der Waals surface area contributed by atoms with Crippen molar-refractivity contribution in [3.05, 3.63) is 65.9 Å². The number of aromatic nitrogens is 2. The standard InChI is InChI=1S/C22H18F3N3O3S/c1-5-13(14(6-2)22(23,24)25)11-31-19-9-21(32-20(19)10-26)28-12-27-15-7-17(29-3)18(30-4)8-16(15)28/h5-9,12H,1-2,11H2,3-4H3/b14-13-. The van der Waals surface area contributed by atoms with E-state index in [-0.39, 0.29) is 16.2 Å². The average molecular weight is 461 g/mol. The number of ether oxygens (including phenoxy) is 3. The van der Waals surface area contributed by atoms with Crippen LogP contribution in [0.1, 0.15) is 4.88 Å². The van der Waals surface area contributed by atoms with Crippen LogP contribution in [0.15, 0.2) is 61.0 Å². The summed E-state index contributed by atoms with van der Waals surface area (Å²) >= 11 is 1.11. The molecule has 0 radical (unpaired) electrons. The highest BCUT2D eigenvalue weighted by Gasteiger charge is 2.33. The molecule has 2 heterocycles. The molecule has 1 aromatic carbocycles. The Kier molecular flexibility index (Phi) is 6.60. The van der Waals surface area contributed by atoms with Crippen molar-refractivity contribution >= 4 is 22.4 Å². The predicted molar refractivity (Wildman–Crippen MR) is 116 cm³/mol. The van der Waals surface area contributed by atoms with Gasteiger partial charge in [0.25, 0.3) is 0 Å². The van der Waals surface area contributed by atoms with Crippen molar-refractivity contribution in [3.63, 3.8) is 0 Å². The van der Waals surface area contributed by atoms with E-state index in [0.29, 0.717) is 33.6 Å². The van der Waals surface area contributed by atoms with E-state index in [4.69, 9.17) is 14.2 Å². The summed E-state index contributed by atoms with van der Waals surface area (Å²) in [6.07, 6.45) is -1.26. The Morgan fingerprint density at radius 3 is 2.41 bits per heavy atom. The first-order valence-electron chi connectivity index (χ1n) is 9.08. The van der Waals surface area contributed by atoms with E-state index in [9.17, 15) is 18.4 Å². The fourth-order valence-corrected chi connectivity index (χ4v) is 3.89. The number of benzene rings is 1. The van der Waals surface area contributed by atoms with Crippen molar-refractivity contribution in [1.29, 1.82) is 5.26 Å². The molecule has 0 aliphatic rings. The van der Waals surface area contributed by atoms with E-state index in [1.807, 2.05) is 6.07 Å². The van der Waals surface area contributed by atoms with Gasteiger partial charge in [-0.15, -0.1) is 11.3 Å². The number of rotatable bonds is 8. The maximum absolute atomic E-state index is 13.2. The molecule has 0 bridgehead atoms. The third-order valence-corrected chi connectivity index (χ3v) is 5.58. The highest BCUT2D eigenvalue weighted by atomic mass is 32.1. The Bertz CT molecular complexity index is 1250. The van der Waals surface area contributed by atoms with Gasteiger partial charge < -0.3 is 14.2 Å².